The molecule has 4 N–H and O–H groups in total. The molecule has 0 aliphatic heterocycles. The summed E-state index contributed by atoms with van der Waals surface area (Å²) in [5.41, 5.74) is 0.512. The van der Waals surface area contributed by atoms with Crippen LogP contribution >= 0.6 is 0 Å². The van der Waals surface area contributed by atoms with Crippen LogP contribution in [0.2, 0.25) is 0 Å². The number of rotatable bonds is 4. The summed E-state index contributed by atoms with van der Waals surface area (Å²) in [6.07, 6.45) is 0. The number of nitro groups is 1. The van der Waals surface area contributed by atoms with E-state index in [9.17, 15) is 25.4 Å². The highest BCUT2D eigenvalue weighted by Crippen LogP contribution is 2.37. The van der Waals surface area contributed by atoms with E-state index in [-0.39, 0.29) is 12.2 Å². The van der Waals surface area contributed by atoms with Crippen molar-refractivity contribution in [3.05, 3.63) is 52.1 Å². The molecule has 0 aliphatic carbocycles. The molecular weight excluding hydrogens is 264 g/mol. The van der Waals surface area contributed by atoms with Gasteiger partial charge in [-0.05, 0) is 18.2 Å². The first-order valence-corrected chi connectivity index (χ1v) is 5.70. The van der Waals surface area contributed by atoms with Crippen LogP contribution < -0.4 is 5.32 Å². The number of anilines is 1. The zero-order valence-electron chi connectivity index (χ0n) is 10.3. The second-order valence-corrected chi connectivity index (χ2v) is 4.07. The lowest BCUT2D eigenvalue weighted by molar-refractivity contribution is -0.384. The number of nitrogens with zero attached hydrogens (tertiary/aromatic N) is 1. The summed E-state index contributed by atoms with van der Waals surface area (Å²) in [6.45, 7) is 0.0600. The number of hydrogen-bond acceptors (Lipinski definition) is 6. The van der Waals surface area contributed by atoms with Crippen molar-refractivity contribution < 1.29 is 20.2 Å². The van der Waals surface area contributed by atoms with Crippen molar-refractivity contribution in [2.75, 3.05) is 5.32 Å². The van der Waals surface area contributed by atoms with Gasteiger partial charge in [0.1, 0.15) is 5.69 Å². The monoisotopic (exact) mass is 276 g/mol. The number of hydrogen-bond donors (Lipinski definition) is 4. The highest BCUT2D eigenvalue weighted by molar-refractivity contribution is 5.62. The molecule has 0 spiro atoms. The summed E-state index contributed by atoms with van der Waals surface area (Å²) < 4.78 is 0. The smallest absolute Gasteiger partial charge is 0.292 e. The van der Waals surface area contributed by atoms with Crippen LogP contribution in [0.5, 0.6) is 17.2 Å². The molecule has 0 heterocycles. The van der Waals surface area contributed by atoms with Crippen molar-refractivity contribution in [3.63, 3.8) is 0 Å². The highest BCUT2D eigenvalue weighted by Gasteiger charge is 2.14. The van der Waals surface area contributed by atoms with Gasteiger partial charge >= 0.3 is 0 Å². The van der Waals surface area contributed by atoms with E-state index in [2.05, 4.69) is 5.32 Å². The second-order valence-electron chi connectivity index (χ2n) is 4.07. The van der Waals surface area contributed by atoms with Crippen molar-refractivity contribution in [1.29, 1.82) is 0 Å². The summed E-state index contributed by atoms with van der Waals surface area (Å²) in [5, 5.41) is 41.9. The lowest BCUT2D eigenvalue weighted by Gasteiger charge is -2.10. The molecule has 2 aromatic rings. The van der Waals surface area contributed by atoms with Gasteiger partial charge in [-0.3, -0.25) is 10.1 Å². The Hall–Kier alpha value is -2.96. The summed E-state index contributed by atoms with van der Waals surface area (Å²) in [4.78, 5) is 10.3. The first-order chi connectivity index (χ1) is 9.50. The van der Waals surface area contributed by atoms with E-state index >= 15 is 0 Å². The fraction of sp³-hybridized carbons (Fsp3) is 0.0769. The molecule has 104 valence electrons. The minimum absolute atomic E-state index is 0.0600. The highest BCUT2D eigenvalue weighted by atomic mass is 16.6. The SMILES string of the molecule is O=[N+]([O-])c1ccccc1NCc1ccc(O)c(O)c1O. The fourth-order valence-electron chi connectivity index (χ4n) is 1.73. The summed E-state index contributed by atoms with van der Waals surface area (Å²) in [5.74, 6) is -1.51. The second kappa shape index (κ2) is 5.35. The predicted octanol–water partition coefficient (Wildman–Crippen LogP) is 2.32. The van der Waals surface area contributed by atoms with Crippen molar-refractivity contribution in [3.8, 4) is 17.2 Å². The average molecular weight is 276 g/mol. The molecule has 0 radical (unpaired) electrons. The van der Waals surface area contributed by atoms with E-state index in [0.29, 0.717) is 11.3 Å². The number of benzene rings is 2. The van der Waals surface area contributed by atoms with Crippen molar-refractivity contribution >= 4 is 11.4 Å². The summed E-state index contributed by atoms with van der Waals surface area (Å²) >= 11 is 0. The van der Waals surface area contributed by atoms with Crippen molar-refractivity contribution in [2.24, 2.45) is 0 Å². The molecule has 20 heavy (non-hydrogen) atoms. The van der Waals surface area contributed by atoms with Gasteiger partial charge in [-0.1, -0.05) is 12.1 Å². The number of phenolic OH excluding ortho intramolecular Hbond substituents is 3. The normalized spacial score (nSPS) is 10.2. The summed E-state index contributed by atoms with van der Waals surface area (Å²) in [6, 6.07) is 8.72. The Labute approximate surface area is 113 Å². The number of phenols is 3. The van der Waals surface area contributed by atoms with Gasteiger partial charge < -0.3 is 20.6 Å². The predicted molar refractivity (Wildman–Crippen MR) is 71.9 cm³/mol. The topological polar surface area (TPSA) is 116 Å². The molecule has 7 heteroatoms. The number of nitrogens with one attached hydrogen (secondary N) is 1. The van der Waals surface area contributed by atoms with Gasteiger partial charge in [0.2, 0.25) is 5.75 Å². The van der Waals surface area contributed by atoms with Crippen LogP contribution in [-0.4, -0.2) is 20.2 Å². The van der Waals surface area contributed by atoms with Gasteiger partial charge in [-0.2, -0.15) is 0 Å². The average Bonchev–Trinajstić information content (AvgIpc) is 2.44. The molecule has 0 aromatic heterocycles. The Bertz CT molecular complexity index is 657. The third kappa shape index (κ3) is 2.56. The molecule has 0 saturated heterocycles. The van der Waals surface area contributed by atoms with Crippen LogP contribution in [0.1, 0.15) is 5.56 Å². The third-order valence-corrected chi connectivity index (χ3v) is 2.78. The van der Waals surface area contributed by atoms with Gasteiger partial charge in [0, 0.05) is 18.2 Å². The quantitative estimate of drug-likeness (QED) is 0.387. The molecule has 0 atom stereocenters. The molecule has 0 amide bonds. The zero-order valence-corrected chi connectivity index (χ0v) is 10.3. The van der Waals surface area contributed by atoms with Crippen LogP contribution in [0.15, 0.2) is 36.4 Å². The summed E-state index contributed by atoms with van der Waals surface area (Å²) in [7, 11) is 0. The number of aromatic hydroxyl groups is 3. The molecule has 7 nitrogen and oxygen atoms in total. The van der Waals surface area contributed by atoms with Crippen LogP contribution in [-0.2, 0) is 6.54 Å². The molecular formula is C13H12N2O5. The standard InChI is InChI=1S/C13H12N2O5/c16-11-6-5-8(12(17)13(11)18)7-14-9-3-1-2-4-10(9)15(19)20/h1-6,14,16-18H,7H2. The first kappa shape index (κ1) is 13.5. The molecule has 0 unspecified atom stereocenters. The van der Waals surface area contributed by atoms with E-state index < -0.39 is 22.2 Å². The van der Waals surface area contributed by atoms with E-state index in [4.69, 9.17) is 0 Å². The fourth-order valence-corrected chi connectivity index (χ4v) is 1.73. The van der Waals surface area contributed by atoms with Gasteiger partial charge in [-0.15, -0.1) is 0 Å². The van der Waals surface area contributed by atoms with E-state index in [1.165, 1.54) is 24.3 Å². The Balaban J connectivity index is 2.22. The largest absolute Gasteiger partial charge is 0.504 e. The Morgan fingerprint density at radius 1 is 1.05 bits per heavy atom. The van der Waals surface area contributed by atoms with Gasteiger partial charge in [0.15, 0.2) is 11.5 Å². The van der Waals surface area contributed by atoms with Gasteiger partial charge in [0.05, 0.1) is 4.92 Å². The van der Waals surface area contributed by atoms with Crippen LogP contribution in [0.4, 0.5) is 11.4 Å². The lowest BCUT2D eigenvalue weighted by atomic mass is 10.1. The van der Waals surface area contributed by atoms with E-state index in [1.54, 1.807) is 12.1 Å². The third-order valence-electron chi connectivity index (χ3n) is 2.78. The Morgan fingerprint density at radius 2 is 1.75 bits per heavy atom. The first-order valence-electron chi connectivity index (χ1n) is 5.70. The number of para-hydroxylation sites is 2. The minimum atomic E-state index is -0.619. The molecule has 0 saturated carbocycles. The molecule has 2 rings (SSSR count). The van der Waals surface area contributed by atoms with E-state index in [0.717, 1.165) is 0 Å². The number of nitro benzene ring substituents is 1. The van der Waals surface area contributed by atoms with Crippen molar-refractivity contribution in [2.45, 2.75) is 6.54 Å². The molecule has 0 aliphatic rings. The zero-order chi connectivity index (χ0) is 14.7. The Morgan fingerprint density at radius 3 is 2.45 bits per heavy atom. The maximum atomic E-state index is 10.8. The van der Waals surface area contributed by atoms with Gasteiger partial charge in [0.25, 0.3) is 5.69 Å². The molecule has 2 aromatic carbocycles. The maximum Gasteiger partial charge on any atom is 0.292 e. The minimum Gasteiger partial charge on any atom is -0.504 e. The Kier molecular flexibility index (Phi) is 3.60. The molecule has 0 fully saturated rings. The van der Waals surface area contributed by atoms with Gasteiger partial charge in [-0.25, -0.2) is 0 Å². The lowest BCUT2D eigenvalue weighted by Crippen LogP contribution is -2.02. The van der Waals surface area contributed by atoms with Crippen LogP contribution in [0.3, 0.4) is 0 Å². The van der Waals surface area contributed by atoms with Crippen LogP contribution in [0.25, 0.3) is 0 Å². The van der Waals surface area contributed by atoms with Crippen LogP contribution in [0, 0.1) is 10.1 Å². The maximum absolute atomic E-state index is 10.8. The molecule has 0 bridgehead atoms. The van der Waals surface area contributed by atoms with E-state index in [1.807, 2.05) is 0 Å². The van der Waals surface area contributed by atoms with Crippen molar-refractivity contribution in [1.82, 2.24) is 0 Å².